The molecule has 14 heavy (non-hydrogen) atoms. The zero-order valence-electron chi connectivity index (χ0n) is 9.13. The van der Waals surface area contributed by atoms with E-state index < -0.39 is 0 Å². The molecule has 0 aliphatic rings. The van der Waals surface area contributed by atoms with Crippen molar-refractivity contribution in [3.8, 4) is 0 Å². The van der Waals surface area contributed by atoms with E-state index in [1.54, 1.807) is 0 Å². The van der Waals surface area contributed by atoms with Crippen LogP contribution in [0.25, 0.3) is 0 Å². The predicted molar refractivity (Wildman–Crippen MR) is 53.5 cm³/mol. The number of carbonyl (C=O) groups excluding carboxylic acids is 1. The van der Waals surface area contributed by atoms with Crippen molar-refractivity contribution in [1.82, 2.24) is 10.1 Å². The van der Waals surface area contributed by atoms with Gasteiger partial charge in [-0.05, 0) is 21.0 Å². The summed E-state index contributed by atoms with van der Waals surface area (Å²) < 4.78 is 4.97. The molecule has 0 aromatic carbocycles. The van der Waals surface area contributed by atoms with Crippen LogP contribution in [0.2, 0.25) is 0 Å². The number of carbonyl (C=O) groups is 1. The van der Waals surface area contributed by atoms with E-state index in [9.17, 15) is 4.79 Å². The fourth-order valence-electron chi connectivity index (χ4n) is 1.26. The first-order valence-electron chi connectivity index (χ1n) is 4.63. The van der Waals surface area contributed by atoms with E-state index in [4.69, 9.17) is 4.52 Å². The molecule has 0 bridgehead atoms. The Balaban J connectivity index is 2.74. The van der Waals surface area contributed by atoms with Crippen LogP contribution in [-0.2, 0) is 6.42 Å². The number of nitrogens with zero attached hydrogens (tertiary/aromatic N) is 2. The van der Waals surface area contributed by atoms with Gasteiger partial charge in [-0.15, -0.1) is 0 Å². The van der Waals surface area contributed by atoms with Crippen LogP contribution in [-0.4, -0.2) is 36.5 Å². The second kappa shape index (κ2) is 4.37. The minimum atomic E-state index is -0.0638. The van der Waals surface area contributed by atoms with E-state index in [0.717, 1.165) is 24.2 Å². The van der Waals surface area contributed by atoms with E-state index in [1.807, 2.05) is 21.0 Å². The summed E-state index contributed by atoms with van der Waals surface area (Å²) in [6.07, 6.45) is 0.815. The van der Waals surface area contributed by atoms with Crippen molar-refractivity contribution in [3.63, 3.8) is 0 Å². The van der Waals surface area contributed by atoms with E-state index in [0.29, 0.717) is 5.76 Å². The molecule has 0 atom stereocenters. The van der Waals surface area contributed by atoms with Crippen molar-refractivity contribution in [1.29, 1.82) is 0 Å². The van der Waals surface area contributed by atoms with E-state index in [1.165, 1.54) is 6.92 Å². The van der Waals surface area contributed by atoms with E-state index in [2.05, 4.69) is 10.1 Å². The van der Waals surface area contributed by atoms with Crippen LogP contribution in [0.1, 0.15) is 28.7 Å². The molecule has 0 unspecified atom stereocenters. The fraction of sp³-hybridized carbons (Fsp3) is 0.600. The lowest BCUT2D eigenvalue weighted by Gasteiger charge is -2.06. The van der Waals surface area contributed by atoms with Gasteiger partial charge in [0.15, 0.2) is 5.78 Å². The van der Waals surface area contributed by atoms with Gasteiger partial charge in [-0.25, -0.2) is 0 Å². The van der Waals surface area contributed by atoms with Gasteiger partial charge in [0.25, 0.3) is 0 Å². The molecule has 0 N–H and O–H groups in total. The highest BCUT2D eigenvalue weighted by molar-refractivity contribution is 5.92. The minimum Gasteiger partial charge on any atom is -0.353 e. The molecule has 1 heterocycles. The Morgan fingerprint density at radius 1 is 1.50 bits per heavy atom. The van der Waals surface area contributed by atoms with Crippen LogP contribution < -0.4 is 0 Å². The predicted octanol–water partition coefficient (Wildman–Crippen LogP) is 1.29. The lowest BCUT2D eigenvalue weighted by Crippen LogP contribution is -2.15. The smallest absolute Gasteiger partial charge is 0.205 e. The first-order chi connectivity index (χ1) is 6.52. The van der Waals surface area contributed by atoms with Gasteiger partial charge in [0.2, 0.25) is 5.76 Å². The number of rotatable bonds is 4. The molecule has 1 rings (SSSR count). The molecular formula is C10H16N2O2. The zero-order valence-corrected chi connectivity index (χ0v) is 9.13. The third kappa shape index (κ3) is 2.42. The molecule has 1 aromatic heterocycles. The molecule has 78 valence electrons. The molecule has 0 saturated heterocycles. The topological polar surface area (TPSA) is 46.3 Å². The third-order valence-electron chi connectivity index (χ3n) is 2.14. The summed E-state index contributed by atoms with van der Waals surface area (Å²) in [4.78, 5) is 13.1. The van der Waals surface area contributed by atoms with Crippen molar-refractivity contribution >= 4 is 5.78 Å². The lowest BCUT2D eigenvalue weighted by molar-refractivity contribution is 0.0977. The van der Waals surface area contributed by atoms with Crippen molar-refractivity contribution < 1.29 is 9.32 Å². The van der Waals surface area contributed by atoms with Crippen molar-refractivity contribution in [2.24, 2.45) is 0 Å². The molecule has 0 spiro atoms. The maximum Gasteiger partial charge on any atom is 0.205 e. The summed E-state index contributed by atoms with van der Waals surface area (Å²) in [5.74, 6) is 0.324. The number of likely N-dealkylation sites (N-methyl/N-ethyl adjacent to an activating group) is 1. The van der Waals surface area contributed by atoms with Gasteiger partial charge in [0.05, 0.1) is 5.69 Å². The third-order valence-corrected chi connectivity index (χ3v) is 2.14. The van der Waals surface area contributed by atoms with Crippen molar-refractivity contribution in [2.45, 2.75) is 20.3 Å². The van der Waals surface area contributed by atoms with Gasteiger partial charge in [0.1, 0.15) is 0 Å². The standard InChI is InChI=1S/C10H16N2O2/c1-7-9(5-6-12(3)4)11-14-10(7)8(2)13/h5-6H2,1-4H3. The van der Waals surface area contributed by atoms with Crippen LogP contribution in [0.3, 0.4) is 0 Å². The Morgan fingerprint density at radius 2 is 2.14 bits per heavy atom. The van der Waals surface area contributed by atoms with Gasteiger partial charge >= 0.3 is 0 Å². The average Bonchev–Trinajstić information content (AvgIpc) is 2.43. The zero-order chi connectivity index (χ0) is 10.7. The molecule has 0 fully saturated rings. The molecule has 0 aliphatic heterocycles. The summed E-state index contributed by atoms with van der Waals surface area (Å²) >= 11 is 0. The first kappa shape index (κ1) is 10.9. The molecule has 0 aliphatic carbocycles. The Labute approximate surface area is 83.9 Å². The number of hydrogen-bond acceptors (Lipinski definition) is 4. The second-order valence-electron chi connectivity index (χ2n) is 3.69. The Kier molecular flexibility index (Phi) is 3.41. The fourth-order valence-corrected chi connectivity index (χ4v) is 1.26. The lowest BCUT2D eigenvalue weighted by atomic mass is 10.1. The largest absolute Gasteiger partial charge is 0.353 e. The first-order valence-corrected chi connectivity index (χ1v) is 4.63. The molecular weight excluding hydrogens is 180 g/mol. The summed E-state index contributed by atoms with van der Waals surface area (Å²) in [6.45, 7) is 4.27. The summed E-state index contributed by atoms with van der Waals surface area (Å²) in [5, 5.41) is 3.89. The Hall–Kier alpha value is -1.16. The number of aromatic nitrogens is 1. The van der Waals surface area contributed by atoms with Crippen LogP contribution in [0.4, 0.5) is 0 Å². The SMILES string of the molecule is CC(=O)c1onc(CCN(C)C)c1C. The summed E-state index contributed by atoms with van der Waals surface area (Å²) in [6, 6.07) is 0. The van der Waals surface area contributed by atoms with Gasteiger partial charge in [-0.1, -0.05) is 5.16 Å². The number of ketones is 1. The average molecular weight is 196 g/mol. The monoisotopic (exact) mass is 196 g/mol. The molecule has 0 radical (unpaired) electrons. The highest BCUT2D eigenvalue weighted by Gasteiger charge is 2.14. The number of Topliss-reactive ketones (excluding diaryl/α,β-unsaturated/α-hetero) is 1. The molecule has 4 heteroatoms. The second-order valence-corrected chi connectivity index (χ2v) is 3.69. The molecule has 4 nitrogen and oxygen atoms in total. The molecule has 0 amide bonds. The van der Waals surface area contributed by atoms with Crippen LogP contribution in [0, 0.1) is 6.92 Å². The quantitative estimate of drug-likeness (QED) is 0.681. The van der Waals surface area contributed by atoms with Crippen LogP contribution >= 0.6 is 0 Å². The van der Waals surface area contributed by atoms with Crippen LogP contribution in [0.5, 0.6) is 0 Å². The maximum absolute atomic E-state index is 11.1. The van der Waals surface area contributed by atoms with Crippen molar-refractivity contribution in [3.05, 3.63) is 17.0 Å². The number of hydrogen-bond donors (Lipinski definition) is 0. The van der Waals surface area contributed by atoms with Gasteiger partial charge in [-0.3, -0.25) is 4.79 Å². The Bertz CT molecular complexity index is 329. The summed E-state index contributed by atoms with van der Waals surface area (Å²) in [5.41, 5.74) is 1.75. The van der Waals surface area contributed by atoms with E-state index in [-0.39, 0.29) is 5.78 Å². The van der Waals surface area contributed by atoms with Gasteiger partial charge in [0, 0.05) is 25.5 Å². The normalized spacial score (nSPS) is 10.9. The van der Waals surface area contributed by atoms with Gasteiger partial charge in [-0.2, -0.15) is 0 Å². The Morgan fingerprint density at radius 3 is 2.57 bits per heavy atom. The molecule has 1 aromatic rings. The highest BCUT2D eigenvalue weighted by atomic mass is 16.5. The van der Waals surface area contributed by atoms with E-state index >= 15 is 0 Å². The van der Waals surface area contributed by atoms with Crippen LogP contribution in [0.15, 0.2) is 4.52 Å². The van der Waals surface area contributed by atoms with Gasteiger partial charge < -0.3 is 9.42 Å². The highest BCUT2D eigenvalue weighted by Crippen LogP contribution is 2.13. The maximum atomic E-state index is 11.1. The molecule has 0 saturated carbocycles. The summed E-state index contributed by atoms with van der Waals surface area (Å²) in [7, 11) is 4.00. The minimum absolute atomic E-state index is 0.0638. The van der Waals surface area contributed by atoms with Crippen molar-refractivity contribution in [2.75, 3.05) is 20.6 Å².